The normalized spacial score (nSPS) is 10.6. The van der Waals surface area contributed by atoms with Gasteiger partial charge in [0.15, 0.2) is 0 Å². The standard InChI is InChI=1S/C15H17Si/c1-2-13-16(14-9-5-3-6-10-14)15-11-7-4-8-12-15/h3-12H,2,13H2,1H3. The summed E-state index contributed by atoms with van der Waals surface area (Å²) in [6.45, 7) is 2.27. The van der Waals surface area contributed by atoms with E-state index >= 15 is 0 Å². The lowest BCUT2D eigenvalue weighted by Crippen LogP contribution is -2.41. The summed E-state index contributed by atoms with van der Waals surface area (Å²) >= 11 is 0. The third-order valence-corrected chi connectivity index (χ3v) is 5.81. The molecule has 0 saturated heterocycles. The van der Waals surface area contributed by atoms with E-state index in [1.807, 2.05) is 0 Å². The Morgan fingerprint density at radius 3 is 1.56 bits per heavy atom. The van der Waals surface area contributed by atoms with Gasteiger partial charge in [0.25, 0.3) is 0 Å². The summed E-state index contributed by atoms with van der Waals surface area (Å²) in [6.07, 6.45) is 1.26. The predicted octanol–water partition coefficient (Wildman–Crippen LogP) is 2.71. The van der Waals surface area contributed by atoms with Crippen molar-refractivity contribution in [3.8, 4) is 0 Å². The highest BCUT2D eigenvalue weighted by atomic mass is 28.3. The SMILES string of the molecule is CCC[Si](c1ccccc1)c1ccccc1. The van der Waals surface area contributed by atoms with E-state index in [9.17, 15) is 0 Å². The maximum atomic E-state index is 2.27. The van der Waals surface area contributed by atoms with Gasteiger partial charge in [-0.25, -0.2) is 0 Å². The molecule has 1 heteroatoms. The molecule has 0 fully saturated rings. The Labute approximate surface area is 99.6 Å². The Morgan fingerprint density at radius 2 is 1.19 bits per heavy atom. The van der Waals surface area contributed by atoms with Gasteiger partial charge in [-0.2, -0.15) is 0 Å². The number of rotatable bonds is 4. The Morgan fingerprint density at radius 1 is 0.750 bits per heavy atom. The first-order valence-corrected chi connectivity index (χ1v) is 7.59. The van der Waals surface area contributed by atoms with Crippen LogP contribution in [0.3, 0.4) is 0 Å². The van der Waals surface area contributed by atoms with Crippen molar-refractivity contribution in [1.29, 1.82) is 0 Å². The molecule has 0 amide bonds. The highest BCUT2D eigenvalue weighted by Gasteiger charge is 2.14. The fourth-order valence-corrected chi connectivity index (χ4v) is 4.58. The van der Waals surface area contributed by atoms with Gasteiger partial charge < -0.3 is 0 Å². The average molecular weight is 225 g/mol. The molecule has 0 N–H and O–H groups in total. The molecule has 0 aromatic heterocycles. The molecule has 0 nitrogen and oxygen atoms in total. The van der Waals surface area contributed by atoms with Crippen molar-refractivity contribution in [3.05, 3.63) is 60.7 Å². The molecule has 0 aliphatic rings. The van der Waals surface area contributed by atoms with E-state index in [1.165, 1.54) is 22.8 Å². The van der Waals surface area contributed by atoms with E-state index in [0.29, 0.717) is 0 Å². The minimum Gasteiger partial charge on any atom is -0.0656 e. The summed E-state index contributed by atoms with van der Waals surface area (Å²) < 4.78 is 0. The minimum absolute atomic E-state index is 0.551. The molecule has 16 heavy (non-hydrogen) atoms. The highest BCUT2D eigenvalue weighted by Crippen LogP contribution is 2.00. The van der Waals surface area contributed by atoms with E-state index in [2.05, 4.69) is 67.6 Å². The molecule has 0 saturated carbocycles. The quantitative estimate of drug-likeness (QED) is 0.702. The molecular formula is C15H17Si. The lowest BCUT2D eigenvalue weighted by molar-refractivity contribution is 1.07. The molecule has 0 unspecified atom stereocenters. The van der Waals surface area contributed by atoms with Crippen molar-refractivity contribution >= 4 is 19.2 Å². The smallest absolute Gasteiger partial charge is 0.0656 e. The number of hydrogen-bond donors (Lipinski definition) is 0. The monoisotopic (exact) mass is 225 g/mol. The number of benzene rings is 2. The van der Waals surface area contributed by atoms with Crippen LogP contribution in [0.4, 0.5) is 0 Å². The topological polar surface area (TPSA) is 0 Å². The van der Waals surface area contributed by atoms with Crippen LogP contribution < -0.4 is 10.4 Å². The van der Waals surface area contributed by atoms with Gasteiger partial charge in [0.1, 0.15) is 8.80 Å². The lowest BCUT2D eigenvalue weighted by Gasteiger charge is -2.14. The van der Waals surface area contributed by atoms with Crippen molar-refractivity contribution in [3.63, 3.8) is 0 Å². The van der Waals surface area contributed by atoms with Crippen LogP contribution >= 0.6 is 0 Å². The van der Waals surface area contributed by atoms with Crippen LogP contribution in [-0.2, 0) is 0 Å². The molecule has 0 spiro atoms. The third-order valence-electron chi connectivity index (χ3n) is 2.74. The molecule has 0 aliphatic carbocycles. The fraction of sp³-hybridized carbons (Fsp3) is 0.200. The van der Waals surface area contributed by atoms with Gasteiger partial charge in [-0.15, -0.1) is 0 Å². The van der Waals surface area contributed by atoms with Crippen LogP contribution in [0.1, 0.15) is 13.3 Å². The second kappa shape index (κ2) is 5.66. The predicted molar refractivity (Wildman–Crippen MR) is 73.0 cm³/mol. The molecule has 2 rings (SSSR count). The molecule has 0 atom stereocenters. The van der Waals surface area contributed by atoms with E-state index in [4.69, 9.17) is 0 Å². The molecule has 1 radical (unpaired) electrons. The summed E-state index contributed by atoms with van der Waals surface area (Å²) in [6, 6.07) is 23.2. The molecule has 2 aromatic rings. The van der Waals surface area contributed by atoms with Crippen molar-refractivity contribution in [2.45, 2.75) is 19.4 Å². The van der Waals surface area contributed by atoms with Crippen LogP contribution in [0.15, 0.2) is 60.7 Å². The summed E-state index contributed by atoms with van der Waals surface area (Å²) in [5, 5.41) is 3.06. The van der Waals surface area contributed by atoms with Crippen molar-refractivity contribution in [2.24, 2.45) is 0 Å². The van der Waals surface area contributed by atoms with Crippen molar-refractivity contribution in [2.75, 3.05) is 0 Å². The first-order valence-electron chi connectivity index (χ1n) is 5.88. The highest BCUT2D eigenvalue weighted by molar-refractivity contribution is 6.85. The Bertz CT molecular complexity index is 368. The van der Waals surface area contributed by atoms with Gasteiger partial charge in [0.2, 0.25) is 0 Å². The largest absolute Gasteiger partial charge is 0.121 e. The zero-order valence-electron chi connectivity index (χ0n) is 9.69. The van der Waals surface area contributed by atoms with Gasteiger partial charge in [0.05, 0.1) is 0 Å². The molecular weight excluding hydrogens is 208 g/mol. The zero-order valence-corrected chi connectivity index (χ0v) is 10.7. The molecule has 0 heterocycles. The summed E-state index contributed by atoms with van der Waals surface area (Å²) in [5.74, 6) is 0. The van der Waals surface area contributed by atoms with Crippen LogP contribution in [0.25, 0.3) is 0 Å². The third kappa shape index (κ3) is 2.61. The minimum atomic E-state index is -0.551. The van der Waals surface area contributed by atoms with Crippen LogP contribution in [-0.4, -0.2) is 8.80 Å². The van der Waals surface area contributed by atoms with Gasteiger partial charge in [-0.05, 0) is 0 Å². The van der Waals surface area contributed by atoms with E-state index < -0.39 is 8.80 Å². The Hall–Kier alpha value is -1.34. The van der Waals surface area contributed by atoms with Gasteiger partial charge in [-0.3, -0.25) is 0 Å². The second-order valence-electron chi connectivity index (χ2n) is 3.96. The van der Waals surface area contributed by atoms with Gasteiger partial charge >= 0.3 is 0 Å². The first-order chi connectivity index (χ1) is 7.92. The molecule has 2 aromatic carbocycles. The molecule has 81 valence electrons. The average Bonchev–Trinajstić information content (AvgIpc) is 2.38. The van der Waals surface area contributed by atoms with Gasteiger partial charge in [0, 0.05) is 0 Å². The van der Waals surface area contributed by atoms with Gasteiger partial charge in [-0.1, -0.05) is 90.4 Å². The fourth-order valence-electron chi connectivity index (χ4n) is 1.98. The maximum absolute atomic E-state index is 2.27. The van der Waals surface area contributed by atoms with Crippen molar-refractivity contribution < 1.29 is 0 Å². The molecule has 0 bridgehead atoms. The lowest BCUT2D eigenvalue weighted by atomic mass is 10.4. The summed E-state index contributed by atoms with van der Waals surface area (Å²) in [7, 11) is -0.551. The van der Waals surface area contributed by atoms with E-state index in [1.54, 1.807) is 0 Å². The van der Waals surface area contributed by atoms with Crippen LogP contribution in [0.5, 0.6) is 0 Å². The molecule has 0 aliphatic heterocycles. The number of hydrogen-bond acceptors (Lipinski definition) is 0. The van der Waals surface area contributed by atoms with E-state index in [0.717, 1.165) is 0 Å². The van der Waals surface area contributed by atoms with E-state index in [-0.39, 0.29) is 0 Å². The zero-order chi connectivity index (χ0) is 11.2. The van der Waals surface area contributed by atoms with Crippen LogP contribution in [0.2, 0.25) is 6.04 Å². The first kappa shape index (κ1) is 11.2. The Kier molecular flexibility index (Phi) is 3.95. The Balaban J connectivity index is 2.31. The summed E-state index contributed by atoms with van der Waals surface area (Å²) in [4.78, 5) is 0. The summed E-state index contributed by atoms with van der Waals surface area (Å²) in [5.41, 5.74) is 0. The van der Waals surface area contributed by atoms with Crippen LogP contribution in [0, 0.1) is 0 Å². The second-order valence-corrected chi connectivity index (χ2v) is 6.57. The van der Waals surface area contributed by atoms with Crippen molar-refractivity contribution in [1.82, 2.24) is 0 Å². The maximum Gasteiger partial charge on any atom is 0.121 e.